The highest BCUT2D eigenvalue weighted by Crippen LogP contribution is 2.33. The Morgan fingerprint density at radius 3 is 2.61 bits per heavy atom. The van der Waals surface area contributed by atoms with Crippen LogP contribution >= 0.6 is 0 Å². The average Bonchev–Trinajstić information content (AvgIpc) is 2.73. The zero-order valence-electron chi connectivity index (χ0n) is 15.7. The van der Waals surface area contributed by atoms with E-state index >= 15 is 0 Å². The van der Waals surface area contributed by atoms with Crippen LogP contribution in [-0.2, 0) is 19.6 Å². The van der Waals surface area contributed by atoms with Gasteiger partial charge in [-0.05, 0) is 42.9 Å². The van der Waals surface area contributed by atoms with Gasteiger partial charge in [0, 0.05) is 19.7 Å². The Balaban J connectivity index is 1.70. The molecule has 9 nitrogen and oxygen atoms in total. The van der Waals surface area contributed by atoms with Gasteiger partial charge >= 0.3 is 0 Å². The Morgan fingerprint density at radius 2 is 1.96 bits per heavy atom. The monoisotopic (exact) mass is 414 g/mol. The highest BCUT2D eigenvalue weighted by molar-refractivity contribution is 7.89. The quantitative estimate of drug-likeness (QED) is 0.549. The fraction of sp³-hybridized carbons (Fsp3) is 0.611. The molecule has 2 aliphatic rings. The standard InChI is InChI=1S/C18H26N2O7S/c1-26-15-4-2-3-14(11-15)13-5-8-19(9-6-13)28(24,25)17-7-10-27-12-16(17)18(21)20(22)23/h2-4,11,13,16-17,22-23H,5-10,12H2,1H3. The first-order chi connectivity index (χ1) is 13.3. The van der Waals surface area contributed by atoms with E-state index in [0.717, 1.165) is 11.3 Å². The molecule has 0 radical (unpaired) electrons. The maximum atomic E-state index is 13.1. The number of ether oxygens (including phenoxy) is 2. The molecule has 2 unspecified atom stereocenters. The van der Waals surface area contributed by atoms with Crippen LogP contribution in [0.15, 0.2) is 24.3 Å². The van der Waals surface area contributed by atoms with E-state index < -0.39 is 32.3 Å². The normalized spacial score (nSPS) is 24.7. The first-order valence-corrected chi connectivity index (χ1v) is 10.8. The summed E-state index contributed by atoms with van der Waals surface area (Å²) in [5.74, 6) is -1.20. The van der Waals surface area contributed by atoms with E-state index in [2.05, 4.69) is 0 Å². The van der Waals surface area contributed by atoms with Crippen molar-refractivity contribution in [2.45, 2.75) is 30.4 Å². The van der Waals surface area contributed by atoms with Gasteiger partial charge in [0.25, 0.3) is 5.91 Å². The highest BCUT2D eigenvalue weighted by Gasteiger charge is 2.45. The summed E-state index contributed by atoms with van der Waals surface area (Å²) in [5, 5.41) is 16.5. The Morgan fingerprint density at radius 1 is 1.25 bits per heavy atom. The smallest absolute Gasteiger partial charge is 0.279 e. The van der Waals surface area contributed by atoms with Crippen molar-refractivity contribution in [1.82, 2.24) is 9.53 Å². The summed E-state index contributed by atoms with van der Waals surface area (Å²) in [6, 6.07) is 7.78. The molecular weight excluding hydrogens is 388 g/mol. The third-order valence-electron chi connectivity index (χ3n) is 5.57. The number of nitrogens with zero attached hydrogens (tertiary/aromatic N) is 2. The first-order valence-electron chi connectivity index (χ1n) is 9.27. The van der Waals surface area contributed by atoms with Crippen molar-refractivity contribution >= 4 is 15.9 Å². The third-order valence-corrected chi connectivity index (χ3v) is 7.98. The number of methoxy groups -OCH3 is 1. The molecule has 0 aromatic heterocycles. The summed E-state index contributed by atoms with van der Waals surface area (Å²) >= 11 is 0. The van der Waals surface area contributed by atoms with Gasteiger partial charge in [-0.15, -0.1) is 0 Å². The van der Waals surface area contributed by atoms with Gasteiger partial charge in [0.15, 0.2) is 0 Å². The van der Waals surface area contributed by atoms with E-state index in [4.69, 9.17) is 19.9 Å². The molecule has 28 heavy (non-hydrogen) atoms. The molecule has 1 aromatic carbocycles. The lowest BCUT2D eigenvalue weighted by molar-refractivity contribution is -0.289. The largest absolute Gasteiger partial charge is 0.497 e. The zero-order chi connectivity index (χ0) is 20.3. The molecule has 2 atom stereocenters. The van der Waals surface area contributed by atoms with Gasteiger partial charge in [-0.25, -0.2) is 12.7 Å². The summed E-state index contributed by atoms with van der Waals surface area (Å²) in [7, 11) is -2.16. The van der Waals surface area contributed by atoms with Gasteiger partial charge in [-0.3, -0.25) is 15.2 Å². The maximum absolute atomic E-state index is 13.1. The van der Waals surface area contributed by atoms with Crippen molar-refractivity contribution in [2.24, 2.45) is 5.92 Å². The van der Waals surface area contributed by atoms with E-state index in [1.807, 2.05) is 24.3 Å². The van der Waals surface area contributed by atoms with Crippen molar-refractivity contribution in [2.75, 3.05) is 33.4 Å². The second kappa shape index (κ2) is 8.75. The molecule has 1 amide bonds. The van der Waals surface area contributed by atoms with Crippen molar-refractivity contribution in [1.29, 1.82) is 0 Å². The van der Waals surface area contributed by atoms with Crippen molar-refractivity contribution in [3.8, 4) is 5.75 Å². The number of amides is 1. The van der Waals surface area contributed by atoms with Crippen LogP contribution in [0.1, 0.15) is 30.7 Å². The third kappa shape index (κ3) is 4.31. The van der Waals surface area contributed by atoms with Crippen LogP contribution in [0.2, 0.25) is 0 Å². The molecule has 0 saturated carbocycles. The predicted octanol–water partition coefficient (Wildman–Crippen LogP) is 1.22. The molecule has 1 aromatic rings. The molecule has 156 valence electrons. The zero-order valence-corrected chi connectivity index (χ0v) is 16.5. The lowest BCUT2D eigenvalue weighted by Crippen LogP contribution is -2.52. The second-order valence-electron chi connectivity index (χ2n) is 7.13. The molecule has 3 rings (SSSR count). The van der Waals surface area contributed by atoms with Gasteiger partial charge in [0.05, 0.1) is 24.9 Å². The van der Waals surface area contributed by atoms with Gasteiger partial charge < -0.3 is 9.47 Å². The minimum atomic E-state index is -3.77. The van der Waals surface area contributed by atoms with E-state index in [9.17, 15) is 13.2 Å². The van der Waals surface area contributed by atoms with Crippen molar-refractivity contribution in [3.63, 3.8) is 0 Å². The number of piperidine rings is 1. The number of sulfonamides is 1. The Hall–Kier alpha value is -1.72. The van der Waals surface area contributed by atoms with E-state index in [1.165, 1.54) is 4.31 Å². The topological polar surface area (TPSA) is 117 Å². The van der Waals surface area contributed by atoms with Gasteiger partial charge in [0.1, 0.15) is 5.75 Å². The van der Waals surface area contributed by atoms with Crippen LogP contribution in [0, 0.1) is 5.92 Å². The summed E-state index contributed by atoms with van der Waals surface area (Å²) in [5.41, 5.74) is 1.12. The van der Waals surface area contributed by atoms with Crippen LogP contribution in [-0.4, -0.2) is 72.9 Å². The van der Waals surface area contributed by atoms with Crippen LogP contribution < -0.4 is 4.74 Å². The van der Waals surface area contributed by atoms with Crippen molar-refractivity contribution in [3.05, 3.63) is 29.8 Å². The van der Waals surface area contributed by atoms with E-state index in [0.29, 0.717) is 25.9 Å². The summed E-state index contributed by atoms with van der Waals surface area (Å²) in [6.45, 7) is 0.764. The second-order valence-corrected chi connectivity index (χ2v) is 9.28. The average molecular weight is 414 g/mol. The number of benzene rings is 1. The fourth-order valence-corrected chi connectivity index (χ4v) is 6.09. The molecule has 2 N–H and O–H groups in total. The van der Waals surface area contributed by atoms with Gasteiger partial charge in [-0.1, -0.05) is 17.4 Å². The molecule has 2 fully saturated rings. The predicted molar refractivity (Wildman–Crippen MR) is 98.6 cm³/mol. The lowest BCUT2D eigenvalue weighted by atomic mass is 9.90. The number of hydroxylamine groups is 2. The number of carbonyl (C=O) groups is 1. The van der Waals surface area contributed by atoms with Crippen LogP contribution in [0.3, 0.4) is 0 Å². The molecule has 2 heterocycles. The number of hydrogen-bond acceptors (Lipinski definition) is 7. The molecule has 0 spiro atoms. The molecule has 2 aliphatic heterocycles. The Bertz CT molecular complexity index is 791. The molecular formula is C18H26N2O7S. The first kappa shape index (κ1) is 21.0. The molecule has 0 aliphatic carbocycles. The van der Waals surface area contributed by atoms with E-state index in [1.54, 1.807) is 7.11 Å². The molecule has 0 bridgehead atoms. The van der Waals surface area contributed by atoms with Crippen LogP contribution in [0.4, 0.5) is 0 Å². The van der Waals surface area contributed by atoms with Crippen LogP contribution in [0.25, 0.3) is 0 Å². The summed E-state index contributed by atoms with van der Waals surface area (Å²) < 4.78 is 38.1. The molecule has 2 saturated heterocycles. The van der Waals surface area contributed by atoms with Crippen molar-refractivity contribution < 1.29 is 33.1 Å². The number of hydrogen-bond donors (Lipinski definition) is 2. The Labute approximate surface area is 164 Å². The number of carbonyl (C=O) groups excluding carboxylic acids is 1. The van der Waals surface area contributed by atoms with Crippen LogP contribution in [0.5, 0.6) is 5.75 Å². The lowest BCUT2D eigenvalue weighted by Gasteiger charge is -2.37. The maximum Gasteiger partial charge on any atom is 0.279 e. The number of rotatable bonds is 5. The highest BCUT2D eigenvalue weighted by atomic mass is 32.2. The van der Waals surface area contributed by atoms with Gasteiger partial charge in [-0.2, -0.15) is 0 Å². The summed E-state index contributed by atoms with van der Waals surface area (Å²) in [6.07, 6.45) is 1.48. The fourth-order valence-electron chi connectivity index (χ4n) is 3.98. The SMILES string of the molecule is COc1cccc(C2CCN(S(=O)(=O)C3CCOCC3C(=O)N(O)O)CC2)c1. The van der Waals surface area contributed by atoms with E-state index in [-0.39, 0.29) is 25.6 Å². The minimum absolute atomic E-state index is 0.141. The minimum Gasteiger partial charge on any atom is -0.497 e. The van der Waals surface area contributed by atoms with Gasteiger partial charge in [0.2, 0.25) is 10.0 Å². The summed E-state index contributed by atoms with van der Waals surface area (Å²) in [4.78, 5) is 12.0. The molecule has 10 heteroatoms. The Kier molecular flexibility index (Phi) is 6.56.